The number of anilines is 2. The fourth-order valence-corrected chi connectivity index (χ4v) is 9.17. The van der Waals surface area contributed by atoms with Crippen molar-refractivity contribution in [2.75, 3.05) is 57.6 Å². The maximum absolute atomic E-state index is 17.3. The minimum absolute atomic E-state index is 0.00762. The van der Waals surface area contributed by atoms with Gasteiger partial charge in [0.1, 0.15) is 23.8 Å². The quantitative estimate of drug-likeness (QED) is 0.101. The Bertz CT molecular complexity index is 2160. The molecule has 1 spiro atoms. The number of likely N-dealkylation sites (N-methyl/N-ethyl adjacent to an activating group) is 2. The van der Waals surface area contributed by atoms with Crippen molar-refractivity contribution in [3.63, 3.8) is 0 Å². The number of benzene rings is 2. The van der Waals surface area contributed by atoms with Gasteiger partial charge in [-0.15, -0.1) is 11.3 Å². The number of carbonyl (C=O) groups excluding carboxylic acids is 1. The average Bonchev–Trinajstić information content (AvgIpc) is 3.42. The number of hydrogen-bond acceptors (Lipinski definition) is 9. The summed E-state index contributed by atoms with van der Waals surface area (Å²) in [6.07, 6.45) is -0.347. The summed E-state index contributed by atoms with van der Waals surface area (Å²) in [5, 5.41) is -0.558. The number of hydrogen-bond donors (Lipinski definition) is 1. The van der Waals surface area contributed by atoms with E-state index in [1.807, 2.05) is 7.05 Å². The number of nitrogens with zero attached hydrogens (tertiary/aromatic N) is 6. The number of fused-ring (bicyclic) bond motifs is 2. The van der Waals surface area contributed by atoms with Crippen molar-refractivity contribution in [3.8, 4) is 17.1 Å². The molecule has 2 N–H and O–H groups in total. The van der Waals surface area contributed by atoms with Gasteiger partial charge < -0.3 is 25.0 Å². The van der Waals surface area contributed by atoms with E-state index in [-0.39, 0.29) is 80.7 Å². The maximum Gasteiger partial charge on any atom is 0.417 e. The third kappa shape index (κ3) is 6.32. The topological polar surface area (TPSA) is 101 Å². The van der Waals surface area contributed by atoms with Crippen LogP contribution in [0.25, 0.3) is 37.0 Å². The Labute approximate surface area is 306 Å². The van der Waals surface area contributed by atoms with Crippen molar-refractivity contribution in [3.05, 3.63) is 59.5 Å². The van der Waals surface area contributed by atoms with Crippen LogP contribution in [0.2, 0.25) is 0 Å². The molecular formula is C37H38F5N7O3S. The van der Waals surface area contributed by atoms with E-state index in [0.717, 1.165) is 44.0 Å². The number of thiophene rings is 1. The van der Waals surface area contributed by atoms with Crippen LogP contribution < -0.4 is 15.4 Å². The van der Waals surface area contributed by atoms with Gasteiger partial charge >= 0.3 is 12.2 Å². The summed E-state index contributed by atoms with van der Waals surface area (Å²) >= 11 is 0.703. The lowest BCUT2D eigenvalue weighted by atomic mass is 9.93. The number of rotatable bonds is 10. The Balaban J connectivity index is 1.45. The Morgan fingerprint density at radius 2 is 2.02 bits per heavy atom. The molecule has 2 saturated heterocycles. The molecule has 1 aliphatic carbocycles. The van der Waals surface area contributed by atoms with Gasteiger partial charge in [-0.1, -0.05) is 12.6 Å². The molecule has 1 saturated carbocycles. The highest BCUT2D eigenvalue weighted by Crippen LogP contribution is 2.54. The van der Waals surface area contributed by atoms with Crippen molar-refractivity contribution >= 4 is 54.7 Å². The van der Waals surface area contributed by atoms with E-state index in [9.17, 15) is 4.79 Å². The maximum atomic E-state index is 17.3. The van der Waals surface area contributed by atoms with E-state index in [0.29, 0.717) is 24.3 Å². The van der Waals surface area contributed by atoms with Gasteiger partial charge in [-0.2, -0.15) is 23.1 Å². The lowest BCUT2D eigenvalue weighted by Gasteiger charge is -2.35. The summed E-state index contributed by atoms with van der Waals surface area (Å²) < 4.78 is 89.3. The van der Waals surface area contributed by atoms with Gasteiger partial charge in [0.05, 0.1) is 40.5 Å². The van der Waals surface area contributed by atoms with Crippen LogP contribution in [0.15, 0.2) is 30.9 Å². The van der Waals surface area contributed by atoms with Gasteiger partial charge in [0.15, 0.2) is 5.82 Å². The summed E-state index contributed by atoms with van der Waals surface area (Å²) in [7, 11) is 3.49. The van der Waals surface area contributed by atoms with Crippen LogP contribution in [0, 0.1) is 23.6 Å². The lowest BCUT2D eigenvalue weighted by molar-refractivity contribution is -0.137. The minimum atomic E-state index is -5.11. The Kier molecular flexibility index (Phi) is 9.48. The Hall–Kier alpha value is -4.59. The number of ether oxygens (including phenoxy) is 2. The van der Waals surface area contributed by atoms with Crippen molar-refractivity contribution in [2.24, 2.45) is 5.41 Å². The highest BCUT2D eigenvalue weighted by atomic mass is 32.1. The number of likely N-dealkylation sites (tertiary alicyclic amines) is 2. The van der Waals surface area contributed by atoms with Crippen molar-refractivity contribution in [1.29, 1.82) is 0 Å². The number of amides is 1. The predicted octanol–water partition coefficient (Wildman–Crippen LogP) is 7.43. The summed E-state index contributed by atoms with van der Waals surface area (Å²) in [6, 6.07) is 1.53. The summed E-state index contributed by atoms with van der Waals surface area (Å²) in [5.41, 5.74) is 2.93. The molecule has 10 nitrogen and oxygen atoms in total. The third-order valence-electron chi connectivity index (χ3n) is 10.9. The van der Waals surface area contributed by atoms with Crippen LogP contribution >= 0.6 is 11.3 Å². The monoisotopic (exact) mass is 755 g/mol. The number of alkyl halides is 3. The molecule has 2 aliphatic heterocycles. The van der Waals surface area contributed by atoms with Crippen LogP contribution in [0.3, 0.4) is 0 Å². The molecule has 16 heteroatoms. The standard InChI is InChI=1S/C37H38F5N7O3S/c1-6-26(50)49-13-10-24(25(49)17-51-5)48(7-2)34-21-14-22(37(40,41)42)27(20-8-9-23(38)32-28(20)31(44-3)33(43)53-32)29(39)30(21)45-35(46-34)52-16-19-15-36(11-12-36)18-47(19)4/h6,8-9,14,19,24-25H,1,7,10-13,15-18,43H2,2,4-5H3. The van der Waals surface area contributed by atoms with Crippen LogP contribution in [-0.2, 0) is 15.7 Å². The number of nitrogens with two attached hydrogens (primary N) is 1. The van der Waals surface area contributed by atoms with Gasteiger partial charge in [-0.05, 0) is 68.8 Å². The van der Waals surface area contributed by atoms with Crippen LogP contribution in [-0.4, -0.2) is 90.8 Å². The molecule has 1 amide bonds. The van der Waals surface area contributed by atoms with Gasteiger partial charge in [0.25, 0.3) is 0 Å². The van der Waals surface area contributed by atoms with E-state index in [1.165, 1.54) is 13.2 Å². The molecule has 7 rings (SSSR count). The van der Waals surface area contributed by atoms with Crippen LogP contribution in [0.1, 0.15) is 38.2 Å². The summed E-state index contributed by atoms with van der Waals surface area (Å²) in [6.45, 7) is 14.8. The SMILES string of the molecule is [C-]#[N+]c1c(N)sc2c(F)ccc(-c3c(C(F)(F)F)cc4c(N(CC)C5CCN(C(=O)C=C)C5COC)nc(OCC5CC6(CC6)CN5C)nc4c3F)c12. The van der Waals surface area contributed by atoms with E-state index >= 15 is 22.0 Å². The second-order valence-corrected chi connectivity index (χ2v) is 15.1. The number of nitrogen functional groups attached to an aromatic ring is 1. The molecule has 3 aliphatic rings. The number of halogens is 5. The molecular weight excluding hydrogens is 718 g/mol. The molecule has 3 unspecified atom stereocenters. The molecule has 4 heterocycles. The first kappa shape index (κ1) is 36.8. The second kappa shape index (κ2) is 13.7. The van der Waals surface area contributed by atoms with Crippen molar-refractivity contribution in [1.82, 2.24) is 19.8 Å². The normalized spacial score (nSPS) is 21.1. The predicted molar refractivity (Wildman–Crippen MR) is 193 cm³/mol. The van der Waals surface area contributed by atoms with Gasteiger partial charge in [0, 0.05) is 49.1 Å². The largest absolute Gasteiger partial charge is 0.462 e. The summed E-state index contributed by atoms with van der Waals surface area (Å²) in [5.74, 6) is -2.48. The van der Waals surface area contributed by atoms with E-state index < -0.39 is 46.5 Å². The third-order valence-corrected chi connectivity index (χ3v) is 11.9. The second-order valence-electron chi connectivity index (χ2n) is 14.0. The molecule has 4 aromatic rings. The highest BCUT2D eigenvalue weighted by molar-refractivity contribution is 7.23. The minimum Gasteiger partial charge on any atom is -0.462 e. The molecule has 2 aromatic heterocycles. The highest BCUT2D eigenvalue weighted by Gasteiger charge is 2.51. The number of methoxy groups -OCH3 is 1. The fraction of sp³-hybridized carbons (Fsp3) is 0.459. The summed E-state index contributed by atoms with van der Waals surface area (Å²) in [4.78, 5) is 30.8. The molecule has 2 aromatic carbocycles. The average molecular weight is 756 g/mol. The zero-order valence-electron chi connectivity index (χ0n) is 29.4. The van der Waals surface area contributed by atoms with Crippen LogP contribution in [0.5, 0.6) is 6.01 Å². The van der Waals surface area contributed by atoms with Crippen molar-refractivity contribution < 1.29 is 36.2 Å². The molecule has 53 heavy (non-hydrogen) atoms. The Morgan fingerprint density at radius 3 is 2.64 bits per heavy atom. The van der Waals surface area contributed by atoms with Gasteiger partial charge in [-0.25, -0.2) is 13.6 Å². The Morgan fingerprint density at radius 1 is 1.26 bits per heavy atom. The van der Waals surface area contributed by atoms with Crippen molar-refractivity contribution in [2.45, 2.75) is 56.9 Å². The molecule has 0 radical (unpaired) electrons. The smallest absolute Gasteiger partial charge is 0.417 e. The number of aromatic nitrogens is 2. The first-order valence-electron chi connectivity index (χ1n) is 17.3. The fourth-order valence-electron chi connectivity index (χ4n) is 8.23. The first-order valence-corrected chi connectivity index (χ1v) is 18.1. The van der Waals surface area contributed by atoms with E-state index in [4.69, 9.17) is 21.8 Å². The lowest BCUT2D eigenvalue weighted by Crippen LogP contribution is -2.49. The number of carbonyl (C=O) groups is 1. The first-order chi connectivity index (χ1) is 25.2. The molecule has 3 fully saturated rings. The van der Waals surface area contributed by atoms with E-state index in [2.05, 4.69) is 26.3 Å². The van der Waals surface area contributed by atoms with Crippen LogP contribution in [0.4, 0.5) is 38.5 Å². The zero-order valence-corrected chi connectivity index (χ0v) is 30.2. The zero-order chi connectivity index (χ0) is 38.0. The van der Waals surface area contributed by atoms with Gasteiger partial charge in [0.2, 0.25) is 11.6 Å². The molecule has 0 bridgehead atoms. The molecule has 280 valence electrons. The molecule has 3 atom stereocenters. The van der Waals surface area contributed by atoms with Gasteiger partial charge in [-0.3, -0.25) is 9.69 Å². The van der Waals surface area contributed by atoms with E-state index in [1.54, 1.807) is 16.7 Å².